The molecule has 1 aromatic rings. The van der Waals surface area contributed by atoms with Crippen molar-refractivity contribution in [1.29, 1.82) is 0 Å². The third-order valence-electron chi connectivity index (χ3n) is 5.22. The topological polar surface area (TPSA) is 21.3 Å². The number of benzene rings is 1. The Hall–Kier alpha value is -1.02. The minimum atomic E-state index is 0.399. The van der Waals surface area contributed by atoms with E-state index in [4.69, 9.17) is 4.74 Å². The molecule has 1 aliphatic rings. The molecule has 2 nitrogen and oxygen atoms in total. The van der Waals surface area contributed by atoms with E-state index >= 15 is 0 Å². The van der Waals surface area contributed by atoms with E-state index in [-0.39, 0.29) is 0 Å². The summed E-state index contributed by atoms with van der Waals surface area (Å²) < 4.78 is 5.69. The predicted molar refractivity (Wildman–Crippen MR) is 85.0 cm³/mol. The van der Waals surface area contributed by atoms with Crippen molar-refractivity contribution in [2.24, 2.45) is 10.8 Å². The lowest BCUT2D eigenvalue weighted by molar-refractivity contribution is 0.309. The number of hydrogen-bond acceptors (Lipinski definition) is 2. The molecular weight excluding hydrogens is 246 g/mol. The molecule has 0 radical (unpaired) electrons. The fraction of sp³-hybridized carbons (Fsp3) is 0.667. The van der Waals surface area contributed by atoms with E-state index in [0.717, 1.165) is 25.3 Å². The Kier molecular flexibility index (Phi) is 4.43. The first-order chi connectivity index (χ1) is 9.39. The number of hydrogen-bond donors (Lipinski definition) is 1. The molecule has 2 heteroatoms. The van der Waals surface area contributed by atoms with E-state index in [1.807, 2.05) is 0 Å². The van der Waals surface area contributed by atoms with Crippen molar-refractivity contribution in [2.75, 3.05) is 6.61 Å². The first kappa shape index (κ1) is 15.4. The van der Waals surface area contributed by atoms with Gasteiger partial charge in [-0.3, -0.25) is 0 Å². The van der Waals surface area contributed by atoms with E-state index in [9.17, 15) is 0 Å². The molecule has 1 aliphatic carbocycles. The van der Waals surface area contributed by atoms with E-state index in [2.05, 4.69) is 64.2 Å². The first-order valence-corrected chi connectivity index (χ1v) is 7.84. The molecule has 0 saturated heterocycles. The van der Waals surface area contributed by atoms with Gasteiger partial charge in [0, 0.05) is 12.6 Å². The minimum absolute atomic E-state index is 0.399. The zero-order valence-corrected chi connectivity index (χ0v) is 13.6. The molecule has 112 valence electrons. The molecule has 1 fully saturated rings. The molecule has 0 atom stereocenters. The summed E-state index contributed by atoms with van der Waals surface area (Å²) in [5.74, 6) is 0.981. The molecule has 2 rings (SSSR count). The SMILES string of the molecule is CCCCOc1ccc(CNC2C(C)(C)C2(C)C)cc1. The highest BCUT2D eigenvalue weighted by molar-refractivity contribution is 5.28. The molecule has 0 unspecified atom stereocenters. The van der Waals surface area contributed by atoms with Crippen LogP contribution >= 0.6 is 0 Å². The summed E-state index contributed by atoms with van der Waals surface area (Å²) in [6.07, 6.45) is 2.30. The summed E-state index contributed by atoms with van der Waals surface area (Å²) in [6.45, 7) is 13.3. The van der Waals surface area contributed by atoms with E-state index in [0.29, 0.717) is 16.9 Å². The smallest absolute Gasteiger partial charge is 0.119 e. The van der Waals surface area contributed by atoms with Crippen molar-refractivity contribution < 1.29 is 4.74 Å². The van der Waals surface area contributed by atoms with Crippen LogP contribution in [0.1, 0.15) is 53.0 Å². The Bertz CT molecular complexity index is 419. The molecule has 0 aromatic heterocycles. The van der Waals surface area contributed by atoms with Crippen molar-refractivity contribution >= 4 is 0 Å². The van der Waals surface area contributed by atoms with E-state index < -0.39 is 0 Å². The average Bonchev–Trinajstić information content (AvgIpc) is 2.79. The zero-order valence-electron chi connectivity index (χ0n) is 13.6. The summed E-state index contributed by atoms with van der Waals surface area (Å²) in [4.78, 5) is 0. The van der Waals surface area contributed by atoms with Gasteiger partial charge in [-0.25, -0.2) is 0 Å². The Labute approximate surface area is 123 Å². The molecule has 0 heterocycles. The quantitative estimate of drug-likeness (QED) is 0.745. The lowest BCUT2D eigenvalue weighted by Crippen LogP contribution is -2.21. The normalized spacial score (nSPS) is 19.9. The fourth-order valence-corrected chi connectivity index (χ4v) is 2.96. The van der Waals surface area contributed by atoms with Gasteiger partial charge >= 0.3 is 0 Å². The summed E-state index contributed by atoms with van der Waals surface area (Å²) >= 11 is 0. The lowest BCUT2D eigenvalue weighted by atomic mass is 10.0. The summed E-state index contributed by atoms with van der Waals surface area (Å²) in [7, 11) is 0. The minimum Gasteiger partial charge on any atom is -0.494 e. The van der Waals surface area contributed by atoms with Crippen molar-refractivity contribution in [3.05, 3.63) is 29.8 Å². The van der Waals surface area contributed by atoms with Gasteiger partial charge in [-0.2, -0.15) is 0 Å². The Morgan fingerprint density at radius 1 is 1.05 bits per heavy atom. The fourth-order valence-electron chi connectivity index (χ4n) is 2.96. The van der Waals surface area contributed by atoms with Gasteiger partial charge in [0.25, 0.3) is 0 Å². The van der Waals surface area contributed by atoms with Gasteiger partial charge in [-0.05, 0) is 34.9 Å². The van der Waals surface area contributed by atoms with Crippen LogP contribution in [-0.4, -0.2) is 12.6 Å². The first-order valence-electron chi connectivity index (χ1n) is 7.84. The Morgan fingerprint density at radius 3 is 2.15 bits per heavy atom. The standard InChI is InChI=1S/C18H29NO/c1-6-7-12-20-15-10-8-14(9-11-15)13-19-16-17(2,3)18(16,4)5/h8-11,16,19H,6-7,12-13H2,1-5H3. The molecule has 1 saturated carbocycles. The van der Waals surface area contributed by atoms with Crippen LogP contribution in [0.5, 0.6) is 5.75 Å². The number of rotatable bonds is 7. The summed E-state index contributed by atoms with van der Waals surface area (Å²) in [6, 6.07) is 9.09. The molecule has 1 N–H and O–H groups in total. The molecule has 0 bridgehead atoms. The molecular formula is C18H29NO. The number of ether oxygens (including phenoxy) is 1. The molecule has 1 aromatic carbocycles. The van der Waals surface area contributed by atoms with Crippen molar-refractivity contribution in [3.63, 3.8) is 0 Å². The van der Waals surface area contributed by atoms with E-state index in [1.54, 1.807) is 0 Å². The summed E-state index contributed by atoms with van der Waals surface area (Å²) in [5, 5.41) is 3.68. The highest BCUT2D eigenvalue weighted by Crippen LogP contribution is 2.62. The second-order valence-electron chi connectivity index (χ2n) is 7.10. The van der Waals surface area contributed by atoms with Crippen LogP contribution in [0.25, 0.3) is 0 Å². The van der Waals surface area contributed by atoms with Gasteiger partial charge in [-0.1, -0.05) is 53.2 Å². The van der Waals surface area contributed by atoms with Gasteiger partial charge in [0.05, 0.1) is 6.61 Å². The second-order valence-corrected chi connectivity index (χ2v) is 7.10. The van der Waals surface area contributed by atoms with Gasteiger partial charge < -0.3 is 10.1 Å². The summed E-state index contributed by atoms with van der Waals surface area (Å²) in [5.41, 5.74) is 2.12. The second kappa shape index (κ2) is 5.77. The third kappa shape index (κ3) is 3.01. The highest BCUT2D eigenvalue weighted by atomic mass is 16.5. The van der Waals surface area contributed by atoms with Crippen LogP contribution in [0.15, 0.2) is 24.3 Å². The average molecular weight is 275 g/mol. The van der Waals surface area contributed by atoms with Gasteiger partial charge in [0.2, 0.25) is 0 Å². The third-order valence-corrected chi connectivity index (χ3v) is 5.22. The van der Waals surface area contributed by atoms with Crippen molar-refractivity contribution in [3.8, 4) is 5.75 Å². The van der Waals surface area contributed by atoms with Crippen molar-refractivity contribution in [1.82, 2.24) is 5.32 Å². The van der Waals surface area contributed by atoms with Crippen molar-refractivity contribution in [2.45, 2.75) is 60.0 Å². The maximum atomic E-state index is 5.69. The van der Waals surface area contributed by atoms with Crippen LogP contribution in [0.4, 0.5) is 0 Å². The predicted octanol–water partition coefficient (Wildman–Crippen LogP) is 4.39. The molecule has 0 spiro atoms. The monoisotopic (exact) mass is 275 g/mol. The van der Waals surface area contributed by atoms with Crippen LogP contribution in [0, 0.1) is 10.8 Å². The van der Waals surface area contributed by atoms with Crippen LogP contribution in [0.2, 0.25) is 0 Å². The Morgan fingerprint density at radius 2 is 1.65 bits per heavy atom. The van der Waals surface area contributed by atoms with Crippen LogP contribution in [0.3, 0.4) is 0 Å². The van der Waals surface area contributed by atoms with Gasteiger partial charge in [-0.15, -0.1) is 0 Å². The number of nitrogens with one attached hydrogen (secondary N) is 1. The zero-order chi connectivity index (χ0) is 14.8. The highest BCUT2D eigenvalue weighted by Gasteiger charge is 2.64. The molecule has 0 aliphatic heterocycles. The lowest BCUT2D eigenvalue weighted by Gasteiger charge is -2.09. The number of unbranched alkanes of at least 4 members (excludes halogenated alkanes) is 1. The largest absolute Gasteiger partial charge is 0.494 e. The Balaban J connectivity index is 1.80. The van der Waals surface area contributed by atoms with Gasteiger partial charge in [0.1, 0.15) is 5.75 Å². The molecule has 20 heavy (non-hydrogen) atoms. The van der Waals surface area contributed by atoms with E-state index in [1.165, 1.54) is 12.0 Å². The van der Waals surface area contributed by atoms with Gasteiger partial charge in [0.15, 0.2) is 0 Å². The van der Waals surface area contributed by atoms with Crippen LogP contribution < -0.4 is 10.1 Å². The molecule has 0 amide bonds. The van der Waals surface area contributed by atoms with Crippen LogP contribution in [-0.2, 0) is 6.54 Å². The maximum Gasteiger partial charge on any atom is 0.119 e. The maximum absolute atomic E-state index is 5.69.